The maximum Gasteiger partial charge on any atom is 0.430 e. The monoisotopic (exact) mass is 780 g/mol. The van der Waals surface area contributed by atoms with Crippen LogP contribution in [0, 0.1) is 0 Å². The lowest BCUT2D eigenvalue weighted by molar-refractivity contribution is -0.376. The van der Waals surface area contributed by atoms with Gasteiger partial charge in [0.05, 0.1) is 8.07 Å². The second-order valence-corrected chi connectivity index (χ2v) is 16.7. The van der Waals surface area contributed by atoms with Crippen molar-refractivity contribution < 1.29 is 67.6 Å². The van der Waals surface area contributed by atoms with Crippen LogP contribution in [0.15, 0.2) is 71.9 Å². The zero-order valence-corrected chi connectivity index (χ0v) is 27.3. The summed E-state index contributed by atoms with van der Waals surface area (Å²) in [5.74, 6) is 0. The number of benzene rings is 2. The summed E-state index contributed by atoms with van der Waals surface area (Å²) in [5.41, 5.74) is -9.88. The Kier molecular flexibility index (Phi) is 17.8. The third kappa shape index (κ3) is 13.2. The molecule has 0 radical (unpaired) electrons. The van der Waals surface area contributed by atoms with Gasteiger partial charge in [-0.25, -0.2) is 0 Å². The molecule has 1 heterocycles. The lowest BCUT2D eigenvalue weighted by atomic mass is 9.91. The molecule has 1 aliphatic rings. The average Bonchev–Trinajstić information content (AvgIpc) is 3.51. The van der Waals surface area contributed by atoms with Crippen LogP contribution in [0.25, 0.3) is 6.08 Å². The Balaban J connectivity index is 0. The zero-order chi connectivity index (χ0) is 36.4. The molecular weight excluding hydrogens is 744 g/mol. The molecule has 3 nitrogen and oxygen atoms in total. The van der Waals surface area contributed by atoms with E-state index in [1.807, 2.05) is 0 Å². The molecule has 270 valence electrons. The number of halogens is 13. The number of ether oxygens (including phenoxy) is 1. The zero-order valence-electron chi connectivity index (χ0n) is 24.7. The molecule has 47 heavy (non-hydrogen) atoms. The summed E-state index contributed by atoms with van der Waals surface area (Å²) in [6.07, 6.45) is -19.6. The summed E-state index contributed by atoms with van der Waals surface area (Å²) in [6.45, 7) is 15.8. The van der Waals surface area contributed by atoms with E-state index in [9.17, 15) is 52.7 Å². The molecular formula is C30H37BrF12O3Si. The van der Waals surface area contributed by atoms with Crippen LogP contribution >= 0.6 is 15.9 Å². The topological polar surface area (TPSA) is 49.7 Å². The van der Waals surface area contributed by atoms with Gasteiger partial charge < -0.3 is 14.9 Å². The Hall–Kier alpha value is -2.34. The van der Waals surface area contributed by atoms with Gasteiger partial charge in [0.25, 0.3) is 11.2 Å². The standard InChI is InChI=1S/C11H8F6O.C9H5BrF6O.C5H12Si.C4H8O.CH4/c1-2-7-3-5-8(6-4-7)9(18,10(12,13)14)11(15,16)17;10-6-3-1-5(2-4-6)7(17,8(11,12)13)9(14,15)16;1-5-6(2,3)4;1-2-4-5-3-1;/h2-6,18H,1H2;1-4,17H;5H,1H2,2-4H3;1-4H2;1H4. The number of hydrogen-bond donors (Lipinski definition) is 2. The quantitative estimate of drug-likeness (QED) is 0.240. The number of alkyl halides is 12. The summed E-state index contributed by atoms with van der Waals surface area (Å²) in [5, 5.41) is 18.0. The van der Waals surface area contributed by atoms with Gasteiger partial charge in [0.15, 0.2) is 0 Å². The molecule has 1 fully saturated rings. The smallest absolute Gasteiger partial charge is 0.381 e. The Bertz CT molecular complexity index is 1180. The minimum Gasteiger partial charge on any atom is -0.381 e. The third-order valence-corrected chi connectivity index (χ3v) is 7.66. The van der Waals surface area contributed by atoms with Crippen molar-refractivity contribution >= 4 is 30.1 Å². The summed E-state index contributed by atoms with van der Waals surface area (Å²) < 4.78 is 155. The summed E-state index contributed by atoms with van der Waals surface area (Å²) in [6, 6.07) is 6.23. The number of aliphatic hydroxyl groups is 2. The Labute approximate surface area is 275 Å². The Morgan fingerprint density at radius 3 is 1.11 bits per heavy atom. The van der Waals surface area contributed by atoms with Gasteiger partial charge in [-0.2, -0.15) is 52.7 Å². The van der Waals surface area contributed by atoms with Gasteiger partial charge >= 0.3 is 24.7 Å². The first kappa shape index (κ1) is 46.8. The number of hydrogen-bond acceptors (Lipinski definition) is 3. The maximum atomic E-state index is 12.5. The molecule has 0 bridgehead atoms. The van der Waals surface area contributed by atoms with E-state index in [2.05, 4.69) is 54.4 Å². The molecule has 2 aromatic rings. The van der Waals surface area contributed by atoms with Gasteiger partial charge in [-0.3, -0.25) is 0 Å². The van der Waals surface area contributed by atoms with Crippen molar-refractivity contribution in [2.24, 2.45) is 0 Å². The minimum atomic E-state index is -5.86. The van der Waals surface area contributed by atoms with Gasteiger partial charge in [0.1, 0.15) is 0 Å². The van der Waals surface area contributed by atoms with Gasteiger partial charge in [0, 0.05) is 28.8 Å². The van der Waals surface area contributed by atoms with Crippen molar-refractivity contribution in [3.63, 3.8) is 0 Å². The third-order valence-electron chi connectivity index (χ3n) is 5.91. The second-order valence-electron chi connectivity index (χ2n) is 10.6. The fourth-order valence-corrected chi connectivity index (χ4v) is 3.30. The highest BCUT2D eigenvalue weighted by Crippen LogP contribution is 2.51. The van der Waals surface area contributed by atoms with Crippen LogP contribution < -0.4 is 0 Å². The fraction of sp³-hybridized carbons (Fsp3) is 0.467. The first-order valence-corrected chi connectivity index (χ1v) is 17.4. The molecule has 0 amide bonds. The summed E-state index contributed by atoms with van der Waals surface area (Å²) in [7, 11) is -0.867. The average molecular weight is 782 g/mol. The molecule has 0 spiro atoms. The molecule has 0 aromatic heterocycles. The van der Waals surface area contributed by atoms with Crippen molar-refractivity contribution in [2.45, 2.75) is 75.8 Å². The second kappa shape index (κ2) is 17.9. The lowest BCUT2D eigenvalue weighted by Crippen LogP contribution is -2.53. The van der Waals surface area contributed by atoms with E-state index >= 15 is 0 Å². The van der Waals surface area contributed by atoms with E-state index < -0.39 is 55.1 Å². The van der Waals surface area contributed by atoms with Crippen molar-refractivity contribution in [1.82, 2.24) is 0 Å². The molecule has 0 saturated carbocycles. The minimum absolute atomic E-state index is 0. The van der Waals surface area contributed by atoms with E-state index in [-0.39, 0.29) is 7.43 Å². The van der Waals surface area contributed by atoms with E-state index in [0.717, 1.165) is 37.5 Å². The van der Waals surface area contributed by atoms with Crippen LogP contribution in [0.1, 0.15) is 37.0 Å². The lowest BCUT2D eigenvalue weighted by Gasteiger charge is -2.32. The molecule has 0 unspecified atom stereocenters. The molecule has 1 saturated heterocycles. The van der Waals surface area contributed by atoms with Crippen molar-refractivity contribution in [2.75, 3.05) is 13.2 Å². The van der Waals surface area contributed by atoms with Gasteiger partial charge in [-0.1, -0.05) is 92.1 Å². The predicted molar refractivity (Wildman–Crippen MR) is 163 cm³/mol. The van der Waals surface area contributed by atoms with Crippen molar-refractivity contribution in [3.8, 4) is 0 Å². The van der Waals surface area contributed by atoms with E-state index in [1.165, 1.54) is 18.9 Å². The molecule has 1 aliphatic heterocycles. The van der Waals surface area contributed by atoms with E-state index in [4.69, 9.17) is 14.9 Å². The van der Waals surface area contributed by atoms with Crippen LogP contribution in [0.4, 0.5) is 52.7 Å². The van der Waals surface area contributed by atoms with Crippen LogP contribution in [0.3, 0.4) is 0 Å². The summed E-state index contributed by atoms with van der Waals surface area (Å²) in [4.78, 5) is 0. The van der Waals surface area contributed by atoms with Crippen LogP contribution in [-0.2, 0) is 15.9 Å². The number of rotatable bonds is 4. The predicted octanol–water partition coefficient (Wildman–Crippen LogP) is 10.9. The SMILES string of the molecule is C.C1CCOC1.C=C[Si](C)(C)C.C=Cc1ccc(C(O)(C(F)(F)F)C(F)(F)F)cc1.OC(c1ccc(Br)cc1)(C(F)(F)F)C(F)(F)F. The highest BCUT2D eigenvalue weighted by Gasteiger charge is 2.72. The van der Waals surface area contributed by atoms with Crippen molar-refractivity contribution in [3.05, 3.63) is 88.6 Å². The summed E-state index contributed by atoms with van der Waals surface area (Å²) >= 11 is 2.87. The van der Waals surface area contributed by atoms with Crippen LogP contribution in [0.5, 0.6) is 0 Å². The highest BCUT2D eigenvalue weighted by atomic mass is 79.9. The van der Waals surface area contributed by atoms with E-state index in [0.29, 0.717) is 34.3 Å². The molecule has 2 N–H and O–H groups in total. The molecule has 0 atom stereocenters. The maximum absolute atomic E-state index is 12.5. The normalized spacial score (nSPS) is 14.2. The Morgan fingerprint density at radius 1 is 0.638 bits per heavy atom. The fourth-order valence-electron chi connectivity index (χ4n) is 3.04. The first-order chi connectivity index (χ1) is 20.6. The van der Waals surface area contributed by atoms with Crippen molar-refractivity contribution in [1.29, 1.82) is 0 Å². The molecule has 2 aromatic carbocycles. The van der Waals surface area contributed by atoms with Gasteiger partial charge in [-0.05, 0) is 30.5 Å². The molecule has 0 aliphatic carbocycles. The molecule has 17 heteroatoms. The van der Waals surface area contributed by atoms with E-state index in [1.54, 1.807) is 0 Å². The van der Waals surface area contributed by atoms with Gasteiger partial charge in [-0.15, -0.1) is 12.3 Å². The first-order valence-electron chi connectivity index (χ1n) is 13.0. The van der Waals surface area contributed by atoms with Crippen LogP contribution in [-0.4, -0.2) is 56.2 Å². The Morgan fingerprint density at radius 2 is 0.915 bits per heavy atom. The molecule has 3 rings (SSSR count). The highest BCUT2D eigenvalue weighted by molar-refractivity contribution is 9.10. The van der Waals surface area contributed by atoms with Gasteiger partial charge in [0.2, 0.25) is 0 Å². The largest absolute Gasteiger partial charge is 0.430 e. The van der Waals surface area contributed by atoms with Crippen LogP contribution in [0.2, 0.25) is 19.6 Å².